The highest BCUT2D eigenvalue weighted by Crippen LogP contribution is 2.21. The van der Waals surface area contributed by atoms with Crippen molar-refractivity contribution in [3.63, 3.8) is 0 Å². The molecule has 0 aliphatic heterocycles. The van der Waals surface area contributed by atoms with Gasteiger partial charge in [-0.25, -0.2) is 0 Å². The number of ketones is 1. The molecule has 0 spiro atoms. The lowest BCUT2D eigenvalue weighted by Gasteiger charge is -2.11. The Morgan fingerprint density at radius 3 is 2.69 bits per heavy atom. The molecular weight excluding hydrogens is 328 g/mol. The average molecular weight is 348 g/mol. The first-order valence-electron chi connectivity index (χ1n) is 8.35. The number of benzene rings is 2. The zero-order valence-electron chi connectivity index (χ0n) is 14.8. The van der Waals surface area contributed by atoms with Crippen LogP contribution in [-0.2, 0) is 17.8 Å². The maximum atomic E-state index is 12.4. The zero-order valence-corrected chi connectivity index (χ0v) is 14.8. The van der Waals surface area contributed by atoms with Crippen LogP contribution in [0.4, 0.5) is 0 Å². The third kappa shape index (κ3) is 3.88. The summed E-state index contributed by atoms with van der Waals surface area (Å²) in [4.78, 5) is 28.3. The van der Waals surface area contributed by atoms with Crippen molar-refractivity contribution in [3.05, 3.63) is 71.5 Å². The molecule has 0 bridgehead atoms. The molecule has 1 heterocycles. The summed E-state index contributed by atoms with van der Waals surface area (Å²) in [6.45, 7) is 1.84. The Hall–Kier alpha value is -3.21. The molecule has 0 aliphatic rings. The Labute approximate surface area is 152 Å². The summed E-state index contributed by atoms with van der Waals surface area (Å²) in [5.74, 6) is 0.390. The van der Waals surface area contributed by atoms with Crippen molar-refractivity contribution in [2.75, 3.05) is 7.11 Å². The molecule has 0 unspecified atom stereocenters. The summed E-state index contributed by atoms with van der Waals surface area (Å²) in [6, 6.07) is 15.0. The number of amides is 1. The second kappa shape index (κ2) is 7.78. The standard InChI is InChI=1S/C21H20N2O3/c1-14(24)16-7-8-20(26-2)17(11-16)12-21(25)23-13-19-18-6-4-3-5-15(18)9-10-22-19/h3-11H,12-13H2,1-2H3,(H,23,25). The maximum absolute atomic E-state index is 12.4. The average Bonchev–Trinajstić information content (AvgIpc) is 2.66. The fourth-order valence-electron chi connectivity index (χ4n) is 2.88. The molecule has 1 amide bonds. The van der Waals surface area contributed by atoms with Crippen molar-refractivity contribution < 1.29 is 14.3 Å². The summed E-state index contributed by atoms with van der Waals surface area (Å²) < 4.78 is 5.30. The molecule has 0 radical (unpaired) electrons. The quantitative estimate of drug-likeness (QED) is 0.694. The topological polar surface area (TPSA) is 68.3 Å². The molecule has 1 N–H and O–H groups in total. The van der Waals surface area contributed by atoms with Crippen LogP contribution in [0.2, 0.25) is 0 Å². The summed E-state index contributed by atoms with van der Waals surface area (Å²) in [5.41, 5.74) is 2.06. The summed E-state index contributed by atoms with van der Waals surface area (Å²) in [6.07, 6.45) is 1.87. The van der Waals surface area contributed by atoms with Crippen molar-refractivity contribution in [1.29, 1.82) is 0 Å². The third-order valence-corrected chi connectivity index (χ3v) is 4.25. The van der Waals surface area contributed by atoms with Crippen LogP contribution in [0.25, 0.3) is 10.8 Å². The zero-order chi connectivity index (χ0) is 18.5. The van der Waals surface area contributed by atoms with Crippen LogP contribution in [-0.4, -0.2) is 23.8 Å². The van der Waals surface area contributed by atoms with E-state index < -0.39 is 0 Å². The number of aromatic nitrogens is 1. The van der Waals surface area contributed by atoms with Gasteiger partial charge in [-0.1, -0.05) is 24.3 Å². The highest BCUT2D eigenvalue weighted by atomic mass is 16.5. The van der Waals surface area contributed by atoms with Crippen LogP contribution in [0.15, 0.2) is 54.7 Å². The predicted octanol–water partition coefficient (Wildman–Crippen LogP) is 3.30. The molecule has 5 nitrogen and oxygen atoms in total. The maximum Gasteiger partial charge on any atom is 0.224 e. The van der Waals surface area contributed by atoms with Gasteiger partial charge in [0.15, 0.2) is 5.78 Å². The van der Waals surface area contributed by atoms with Gasteiger partial charge in [0.05, 0.1) is 25.8 Å². The molecule has 0 saturated carbocycles. The first-order valence-corrected chi connectivity index (χ1v) is 8.35. The number of fused-ring (bicyclic) bond motifs is 1. The molecule has 0 atom stereocenters. The molecule has 0 aliphatic carbocycles. The lowest BCUT2D eigenvalue weighted by molar-refractivity contribution is -0.120. The van der Waals surface area contributed by atoms with E-state index in [0.717, 1.165) is 16.5 Å². The number of hydrogen-bond acceptors (Lipinski definition) is 4. The first-order chi connectivity index (χ1) is 12.6. The van der Waals surface area contributed by atoms with Crippen LogP contribution in [0.3, 0.4) is 0 Å². The van der Waals surface area contributed by atoms with Gasteiger partial charge in [-0.05, 0) is 36.6 Å². The van der Waals surface area contributed by atoms with E-state index in [4.69, 9.17) is 4.74 Å². The second-order valence-corrected chi connectivity index (χ2v) is 6.02. The number of pyridine rings is 1. The van der Waals surface area contributed by atoms with Crippen LogP contribution in [0.5, 0.6) is 5.75 Å². The van der Waals surface area contributed by atoms with Gasteiger partial charge in [-0.2, -0.15) is 0 Å². The third-order valence-electron chi connectivity index (χ3n) is 4.25. The number of carbonyl (C=O) groups excluding carboxylic acids is 2. The van der Waals surface area contributed by atoms with E-state index in [9.17, 15) is 9.59 Å². The minimum atomic E-state index is -0.154. The lowest BCUT2D eigenvalue weighted by atomic mass is 10.0. The fourth-order valence-corrected chi connectivity index (χ4v) is 2.88. The summed E-state index contributed by atoms with van der Waals surface area (Å²) in [7, 11) is 1.55. The molecule has 3 aromatic rings. The Bertz CT molecular complexity index is 961. The van der Waals surface area contributed by atoms with E-state index in [1.807, 2.05) is 30.3 Å². The normalized spacial score (nSPS) is 10.5. The number of Topliss-reactive ketones (excluding diaryl/α,β-unsaturated/α-hetero) is 1. The molecular formula is C21H20N2O3. The summed E-state index contributed by atoms with van der Waals surface area (Å²) >= 11 is 0. The largest absolute Gasteiger partial charge is 0.496 e. The minimum absolute atomic E-state index is 0.0470. The van der Waals surface area contributed by atoms with Crippen molar-refractivity contribution in [1.82, 2.24) is 10.3 Å². The fraction of sp³-hybridized carbons (Fsp3) is 0.190. The van der Waals surface area contributed by atoms with Crippen LogP contribution in [0.1, 0.15) is 28.5 Å². The molecule has 1 aromatic heterocycles. The SMILES string of the molecule is COc1ccc(C(C)=O)cc1CC(=O)NCc1nccc2ccccc12. The molecule has 5 heteroatoms. The molecule has 3 rings (SSSR count). The molecule has 2 aromatic carbocycles. The van der Waals surface area contributed by atoms with Crippen LogP contribution >= 0.6 is 0 Å². The van der Waals surface area contributed by atoms with Crippen LogP contribution < -0.4 is 10.1 Å². The Balaban J connectivity index is 1.73. The lowest BCUT2D eigenvalue weighted by Crippen LogP contribution is -2.25. The first kappa shape index (κ1) is 17.6. The smallest absolute Gasteiger partial charge is 0.224 e. The number of methoxy groups -OCH3 is 1. The number of ether oxygens (including phenoxy) is 1. The van der Waals surface area contributed by atoms with E-state index in [-0.39, 0.29) is 18.1 Å². The molecule has 0 fully saturated rings. The second-order valence-electron chi connectivity index (χ2n) is 6.02. The Morgan fingerprint density at radius 2 is 1.92 bits per heavy atom. The minimum Gasteiger partial charge on any atom is -0.496 e. The van der Waals surface area contributed by atoms with Gasteiger partial charge >= 0.3 is 0 Å². The molecule has 0 saturated heterocycles. The monoisotopic (exact) mass is 348 g/mol. The van der Waals surface area contributed by atoms with E-state index >= 15 is 0 Å². The van der Waals surface area contributed by atoms with Crippen LogP contribution in [0, 0.1) is 0 Å². The van der Waals surface area contributed by atoms with Gasteiger partial charge in [0.1, 0.15) is 5.75 Å². The van der Waals surface area contributed by atoms with E-state index in [1.54, 1.807) is 31.5 Å². The van der Waals surface area contributed by atoms with Gasteiger partial charge in [-0.3, -0.25) is 14.6 Å². The van der Waals surface area contributed by atoms with Crippen molar-refractivity contribution >= 4 is 22.5 Å². The van der Waals surface area contributed by atoms with Crippen molar-refractivity contribution in [2.45, 2.75) is 19.9 Å². The van der Waals surface area contributed by atoms with Gasteiger partial charge < -0.3 is 10.1 Å². The number of nitrogens with zero attached hydrogens (tertiary/aromatic N) is 1. The highest BCUT2D eigenvalue weighted by Gasteiger charge is 2.12. The van der Waals surface area contributed by atoms with Gasteiger partial charge in [0.25, 0.3) is 0 Å². The highest BCUT2D eigenvalue weighted by molar-refractivity contribution is 5.94. The summed E-state index contributed by atoms with van der Waals surface area (Å²) in [5, 5.41) is 5.00. The van der Waals surface area contributed by atoms with E-state index in [2.05, 4.69) is 10.3 Å². The number of nitrogens with one attached hydrogen (secondary N) is 1. The number of carbonyl (C=O) groups is 2. The van der Waals surface area contributed by atoms with E-state index in [0.29, 0.717) is 23.4 Å². The van der Waals surface area contributed by atoms with Gasteiger partial charge in [0, 0.05) is 22.7 Å². The molecule has 132 valence electrons. The van der Waals surface area contributed by atoms with E-state index in [1.165, 1.54) is 6.92 Å². The number of hydrogen-bond donors (Lipinski definition) is 1. The van der Waals surface area contributed by atoms with Crippen molar-refractivity contribution in [2.24, 2.45) is 0 Å². The Kier molecular flexibility index (Phi) is 5.27. The number of rotatable bonds is 6. The van der Waals surface area contributed by atoms with Crippen molar-refractivity contribution in [3.8, 4) is 5.75 Å². The van der Waals surface area contributed by atoms with Gasteiger partial charge in [0.2, 0.25) is 5.91 Å². The predicted molar refractivity (Wildman–Crippen MR) is 100 cm³/mol. The molecule has 26 heavy (non-hydrogen) atoms. The van der Waals surface area contributed by atoms with Gasteiger partial charge in [-0.15, -0.1) is 0 Å². The Morgan fingerprint density at radius 1 is 1.12 bits per heavy atom.